The van der Waals surface area contributed by atoms with E-state index < -0.39 is 0 Å². The van der Waals surface area contributed by atoms with Crippen LogP contribution in [0.2, 0.25) is 0 Å². The standard InChI is InChI=1S/C14H19N5/c15-8-10-4-3-5-11(10)9-16-14-17-12-6-1-2-7-13(12)18-19-14/h1-2,6-7,10-11H,3-5,8-9,15H2,(H,16,17,19). The number of anilines is 1. The van der Waals surface area contributed by atoms with Crippen molar-refractivity contribution in [2.24, 2.45) is 17.6 Å². The van der Waals surface area contributed by atoms with Gasteiger partial charge in [0, 0.05) is 6.54 Å². The highest BCUT2D eigenvalue weighted by atomic mass is 15.2. The van der Waals surface area contributed by atoms with Gasteiger partial charge in [-0.1, -0.05) is 18.6 Å². The van der Waals surface area contributed by atoms with Gasteiger partial charge in [0.15, 0.2) is 0 Å². The average molecular weight is 257 g/mol. The van der Waals surface area contributed by atoms with E-state index in [9.17, 15) is 0 Å². The minimum absolute atomic E-state index is 0.612. The Morgan fingerprint density at radius 3 is 2.74 bits per heavy atom. The molecule has 1 fully saturated rings. The lowest BCUT2D eigenvalue weighted by atomic mass is 9.96. The number of rotatable bonds is 4. The van der Waals surface area contributed by atoms with Crippen LogP contribution in [0.25, 0.3) is 11.0 Å². The highest BCUT2D eigenvalue weighted by molar-refractivity contribution is 5.73. The van der Waals surface area contributed by atoms with E-state index in [1.807, 2.05) is 24.3 Å². The molecule has 0 amide bonds. The fourth-order valence-corrected chi connectivity index (χ4v) is 2.87. The summed E-state index contributed by atoms with van der Waals surface area (Å²) >= 11 is 0. The normalized spacial score (nSPS) is 22.8. The molecule has 0 radical (unpaired) electrons. The van der Waals surface area contributed by atoms with Crippen molar-refractivity contribution in [2.45, 2.75) is 19.3 Å². The first-order valence-electron chi connectivity index (χ1n) is 6.90. The zero-order valence-corrected chi connectivity index (χ0v) is 10.9. The topological polar surface area (TPSA) is 76.7 Å². The fourth-order valence-electron chi connectivity index (χ4n) is 2.87. The van der Waals surface area contributed by atoms with Gasteiger partial charge in [-0.2, -0.15) is 0 Å². The molecule has 0 spiro atoms. The van der Waals surface area contributed by atoms with Crippen LogP contribution in [-0.4, -0.2) is 28.3 Å². The van der Waals surface area contributed by atoms with Crippen LogP contribution in [0.4, 0.5) is 5.95 Å². The lowest BCUT2D eigenvalue weighted by Gasteiger charge is -2.17. The highest BCUT2D eigenvalue weighted by Gasteiger charge is 2.25. The van der Waals surface area contributed by atoms with E-state index in [0.717, 1.165) is 24.1 Å². The number of nitrogens with zero attached hydrogens (tertiary/aromatic N) is 3. The summed E-state index contributed by atoms with van der Waals surface area (Å²) in [5.74, 6) is 1.89. The van der Waals surface area contributed by atoms with E-state index in [2.05, 4.69) is 20.5 Å². The van der Waals surface area contributed by atoms with E-state index in [1.54, 1.807) is 0 Å². The molecule has 0 bridgehead atoms. The van der Waals surface area contributed by atoms with Gasteiger partial charge in [0.2, 0.25) is 5.95 Å². The SMILES string of the molecule is NCC1CCCC1CNc1nnc2ccccc2n1. The lowest BCUT2D eigenvalue weighted by Crippen LogP contribution is -2.25. The molecule has 3 rings (SSSR count). The summed E-state index contributed by atoms with van der Waals surface area (Å²) in [5.41, 5.74) is 7.50. The van der Waals surface area contributed by atoms with Crippen molar-refractivity contribution >= 4 is 17.0 Å². The molecule has 0 saturated heterocycles. The van der Waals surface area contributed by atoms with Gasteiger partial charge in [-0.25, -0.2) is 4.98 Å². The molecule has 1 heterocycles. The molecule has 1 aliphatic carbocycles. The predicted octanol–water partition coefficient (Wildman–Crippen LogP) is 1.81. The Kier molecular flexibility index (Phi) is 3.55. The summed E-state index contributed by atoms with van der Waals surface area (Å²) in [6, 6.07) is 7.77. The smallest absolute Gasteiger partial charge is 0.243 e. The number of hydrogen-bond donors (Lipinski definition) is 2. The van der Waals surface area contributed by atoms with E-state index in [0.29, 0.717) is 17.8 Å². The zero-order chi connectivity index (χ0) is 13.1. The number of hydrogen-bond acceptors (Lipinski definition) is 5. The minimum atomic E-state index is 0.612. The molecule has 0 aliphatic heterocycles. The van der Waals surface area contributed by atoms with Crippen molar-refractivity contribution in [3.63, 3.8) is 0 Å². The van der Waals surface area contributed by atoms with Crippen molar-refractivity contribution in [1.29, 1.82) is 0 Å². The van der Waals surface area contributed by atoms with Crippen LogP contribution in [0.15, 0.2) is 24.3 Å². The second kappa shape index (κ2) is 5.48. The maximum absolute atomic E-state index is 5.80. The summed E-state index contributed by atoms with van der Waals surface area (Å²) in [4.78, 5) is 4.47. The summed E-state index contributed by atoms with van der Waals surface area (Å²) in [5, 5.41) is 11.6. The molecule has 1 aliphatic rings. The number of benzene rings is 1. The Morgan fingerprint density at radius 1 is 1.11 bits per heavy atom. The van der Waals surface area contributed by atoms with Crippen molar-refractivity contribution < 1.29 is 0 Å². The summed E-state index contributed by atoms with van der Waals surface area (Å²) in [7, 11) is 0. The molecule has 100 valence electrons. The molecule has 5 heteroatoms. The van der Waals surface area contributed by atoms with E-state index in [-0.39, 0.29) is 0 Å². The second-order valence-electron chi connectivity index (χ2n) is 5.19. The largest absolute Gasteiger partial charge is 0.353 e. The van der Waals surface area contributed by atoms with Gasteiger partial charge in [-0.3, -0.25) is 0 Å². The molecular formula is C14H19N5. The van der Waals surface area contributed by atoms with Crippen LogP contribution < -0.4 is 11.1 Å². The molecule has 2 unspecified atom stereocenters. The first-order chi connectivity index (χ1) is 9.36. The van der Waals surface area contributed by atoms with Crippen molar-refractivity contribution in [3.8, 4) is 0 Å². The van der Waals surface area contributed by atoms with Crippen LogP contribution in [-0.2, 0) is 0 Å². The third-order valence-electron chi connectivity index (χ3n) is 4.00. The van der Waals surface area contributed by atoms with Crippen molar-refractivity contribution in [1.82, 2.24) is 15.2 Å². The second-order valence-corrected chi connectivity index (χ2v) is 5.19. The van der Waals surface area contributed by atoms with Crippen LogP contribution in [0.3, 0.4) is 0 Å². The van der Waals surface area contributed by atoms with Gasteiger partial charge < -0.3 is 11.1 Å². The monoisotopic (exact) mass is 257 g/mol. The molecule has 2 aromatic rings. The van der Waals surface area contributed by atoms with E-state index >= 15 is 0 Å². The van der Waals surface area contributed by atoms with Crippen LogP contribution in [0, 0.1) is 11.8 Å². The Bertz CT molecular complexity index is 556. The minimum Gasteiger partial charge on any atom is -0.353 e. The number of aromatic nitrogens is 3. The summed E-state index contributed by atoms with van der Waals surface area (Å²) in [6.45, 7) is 1.67. The molecule has 1 aromatic carbocycles. The van der Waals surface area contributed by atoms with Crippen molar-refractivity contribution in [2.75, 3.05) is 18.4 Å². The van der Waals surface area contributed by atoms with Gasteiger partial charge in [0.25, 0.3) is 0 Å². The first kappa shape index (κ1) is 12.3. The quantitative estimate of drug-likeness (QED) is 0.873. The molecule has 2 atom stereocenters. The third-order valence-corrected chi connectivity index (χ3v) is 4.00. The number of nitrogens with two attached hydrogens (primary N) is 1. The van der Waals surface area contributed by atoms with Crippen LogP contribution in [0.1, 0.15) is 19.3 Å². The van der Waals surface area contributed by atoms with Crippen LogP contribution >= 0.6 is 0 Å². The zero-order valence-electron chi connectivity index (χ0n) is 10.9. The summed E-state index contributed by atoms with van der Waals surface area (Å²) < 4.78 is 0. The van der Waals surface area contributed by atoms with Gasteiger partial charge in [-0.15, -0.1) is 10.2 Å². The first-order valence-corrected chi connectivity index (χ1v) is 6.90. The number of nitrogens with one attached hydrogen (secondary N) is 1. The molecule has 3 N–H and O–H groups in total. The Hall–Kier alpha value is -1.75. The molecule has 5 nitrogen and oxygen atoms in total. The molecule has 1 saturated carbocycles. The Labute approximate surface area is 112 Å². The maximum Gasteiger partial charge on any atom is 0.243 e. The van der Waals surface area contributed by atoms with E-state index in [4.69, 9.17) is 5.73 Å². The van der Waals surface area contributed by atoms with E-state index in [1.165, 1.54) is 19.3 Å². The average Bonchev–Trinajstić information content (AvgIpc) is 2.92. The highest BCUT2D eigenvalue weighted by Crippen LogP contribution is 2.30. The number of fused-ring (bicyclic) bond motifs is 1. The fraction of sp³-hybridized carbons (Fsp3) is 0.500. The van der Waals surface area contributed by atoms with Crippen LogP contribution in [0.5, 0.6) is 0 Å². The predicted molar refractivity (Wildman–Crippen MR) is 75.7 cm³/mol. The van der Waals surface area contributed by atoms with Crippen molar-refractivity contribution in [3.05, 3.63) is 24.3 Å². The van der Waals surface area contributed by atoms with Gasteiger partial charge in [0.05, 0.1) is 5.52 Å². The number of para-hydroxylation sites is 1. The van der Waals surface area contributed by atoms with Gasteiger partial charge >= 0.3 is 0 Å². The van der Waals surface area contributed by atoms with Gasteiger partial charge in [-0.05, 0) is 43.4 Å². The lowest BCUT2D eigenvalue weighted by molar-refractivity contribution is 0.413. The third kappa shape index (κ3) is 2.66. The summed E-state index contributed by atoms with van der Waals surface area (Å²) in [6.07, 6.45) is 3.78. The van der Waals surface area contributed by atoms with Gasteiger partial charge in [0.1, 0.15) is 5.52 Å². The molecule has 1 aromatic heterocycles. The Balaban J connectivity index is 1.68. The molecule has 19 heavy (non-hydrogen) atoms. The Morgan fingerprint density at radius 2 is 1.89 bits per heavy atom. The maximum atomic E-state index is 5.80. The molecular weight excluding hydrogens is 238 g/mol.